The summed E-state index contributed by atoms with van der Waals surface area (Å²) in [6.07, 6.45) is 0. The number of thiophene rings is 1. The van der Waals surface area contributed by atoms with Crippen LogP contribution in [0, 0.1) is 0 Å². The molecule has 0 unspecified atom stereocenters. The molecule has 142 valence electrons. The van der Waals surface area contributed by atoms with Gasteiger partial charge >= 0.3 is 0 Å². The summed E-state index contributed by atoms with van der Waals surface area (Å²) in [5, 5.41) is 17.0. The van der Waals surface area contributed by atoms with Gasteiger partial charge in [0.2, 0.25) is 5.91 Å². The van der Waals surface area contributed by atoms with Gasteiger partial charge in [0.15, 0.2) is 16.1 Å². The van der Waals surface area contributed by atoms with Crippen LogP contribution in [0.1, 0.15) is 18.2 Å². The van der Waals surface area contributed by atoms with Crippen LogP contribution in [0.15, 0.2) is 58.4 Å². The number of hydrogen-bond acceptors (Lipinski definition) is 7. The Morgan fingerprint density at radius 1 is 1.14 bits per heavy atom. The third-order valence-corrected chi connectivity index (χ3v) is 6.50. The molecule has 1 amide bonds. The highest BCUT2D eigenvalue weighted by Gasteiger charge is 2.16. The second-order valence-electron chi connectivity index (χ2n) is 5.97. The highest BCUT2D eigenvalue weighted by atomic mass is 32.2. The molecule has 9 heteroatoms. The molecule has 0 saturated heterocycles. The molecule has 0 radical (unpaired) electrons. The second-order valence-corrected chi connectivity index (χ2v) is 8.72. The number of thioether (sulfide) groups is 1. The van der Waals surface area contributed by atoms with Crippen molar-refractivity contribution in [1.29, 1.82) is 0 Å². The smallest absolute Gasteiger partial charge is 0.223 e. The molecule has 4 aromatic rings. The number of nitrogens with zero attached hydrogens (tertiary/aromatic N) is 4. The SMILES string of the molecule is CC(=O)Nc1nc(CSc2nnc(-c3cccs3)n2Cc2ccccc2)cs1. The van der Waals surface area contributed by atoms with Crippen LogP contribution in [0.2, 0.25) is 0 Å². The van der Waals surface area contributed by atoms with Crippen molar-refractivity contribution in [2.45, 2.75) is 24.4 Å². The number of benzene rings is 1. The molecule has 0 aliphatic rings. The molecule has 4 rings (SSSR count). The fourth-order valence-electron chi connectivity index (χ4n) is 2.61. The number of carbonyl (C=O) groups is 1. The number of aromatic nitrogens is 4. The lowest BCUT2D eigenvalue weighted by atomic mass is 10.2. The lowest BCUT2D eigenvalue weighted by molar-refractivity contribution is -0.114. The van der Waals surface area contributed by atoms with Gasteiger partial charge in [-0.05, 0) is 17.0 Å². The van der Waals surface area contributed by atoms with Crippen LogP contribution >= 0.6 is 34.4 Å². The van der Waals surface area contributed by atoms with Crippen molar-refractivity contribution < 1.29 is 4.79 Å². The van der Waals surface area contributed by atoms with E-state index in [0.29, 0.717) is 17.4 Å². The molecule has 0 aliphatic heterocycles. The van der Waals surface area contributed by atoms with Crippen LogP contribution in [0.5, 0.6) is 0 Å². The molecular weight excluding hydrogens is 410 g/mol. The molecule has 0 aliphatic carbocycles. The Labute approximate surface area is 174 Å². The number of carbonyl (C=O) groups excluding carboxylic acids is 1. The normalized spacial score (nSPS) is 10.9. The Morgan fingerprint density at radius 2 is 2.00 bits per heavy atom. The summed E-state index contributed by atoms with van der Waals surface area (Å²) in [5.41, 5.74) is 2.11. The molecule has 0 fully saturated rings. The Kier molecular flexibility index (Phi) is 5.84. The number of nitrogens with one attached hydrogen (secondary N) is 1. The number of amides is 1. The summed E-state index contributed by atoms with van der Waals surface area (Å²) in [6, 6.07) is 14.4. The lowest BCUT2D eigenvalue weighted by Crippen LogP contribution is -2.05. The summed E-state index contributed by atoms with van der Waals surface area (Å²) < 4.78 is 2.15. The van der Waals surface area contributed by atoms with Crippen molar-refractivity contribution in [2.24, 2.45) is 0 Å². The maximum Gasteiger partial charge on any atom is 0.223 e. The average Bonchev–Trinajstić information content (AvgIpc) is 3.42. The van der Waals surface area contributed by atoms with Crippen molar-refractivity contribution in [2.75, 3.05) is 5.32 Å². The molecule has 0 atom stereocenters. The topological polar surface area (TPSA) is 72.7 Å². The van der Waals surface area contributed by atoms with Gasteiger partial charge in [-0.25, -0.2) is 4.98 Å². The summed E-state index contributed by atoms with van der Waals surface area (Å²) in [7, 11) is 0. The number of anilines is 1. The van der Waals surface area contributed by atoms with Gasteiger partial charge in [-0.1, -0.05) is 48.2 Å². The van der Waals surface area contributed by atoms with E-state index in [1.54, 1.807) is 23.1 Å². The summed E-state index contributed by atoms with van der Waals surface area (Å²) >= 11 is 4.67. The molecule has 0 saturated carbocycles. The van der Waals surface area contributed by atoms with E-state index in [9.17, 15) is 4.79 Å². The first-order valence-corrected chi connectivity index (χ1v) is 11.3. The van der Waals surface area contributed by atoms with E-state index >= 15 is 0 Å². The molecule has 28 heavy (non-hydrogen) atoms. The van der Waals surface area contributed by atoms with E-state index in [4.69, 9.17) is 0 Å². The van der Waals surface area contributed by atoms with Crippen molar-refractivity contribution in [3.63, 3.8) is 0 Å². The first-order valence-electron chi connectivity index (χ1n) is 8.55. The van der Waals surface area contributed by atoms with E-state index in [1.807, 2.05) is 35.0 Å². The molecule has 0 bridgehead atoms. The van der Waals surface area contributed by atoms with Crippen molar-refractivity contribution in [1.82, 2.24) is 19.7 Å². The summed E-state index contributed by atoms with van der Waals surface area (Å²) in [6.45, 7) is 2.19. The fraction of sp³-hybridized carbons (Fsp3) is 0.158. The Hall–Kier alpha value is -2.49. The van der Waals surface area contributed by atoms with Crippen molar-refractivity contribution in [3.8, 4) is 10.7 Å². The standard InChI is InChI=1S/C19H17N5OS3/c1-13(25)20-18-21-15(11-27-18)12-28-19-23-22-17(16-8-5-9-26-16)24(19)10-14-6-3-2-4-7-14/h2-9,11H,10,12H2,1H3,(H,20,21,25). The fourth-order valence-corrected chi connectivity index (χ4v) is 5.02. The minimum Gasteiger partial charge on any atom is -0.302 e. The zero-order valence-electron chi connectivity index (χ0n) is 15.0. The predicted octanol–water partition coefficient (Wildman–Crippen LogP) is 4.76. The quantitative estimate of drug-likeness (QED) is 0.431. The monoisotopic (exact) mass is 427 g/mol. The van der Waals surface area contributed by atoms with Crippen LogP contribution in [0.25, 0.3) is 10.7 Å². The second kappa shape index (κ2) is 8.68. The van der Waals surface area contributed by atoms with Gasteiger partial charge in [0, 0.05) is 18.1 Å². The van der Waals surface area contributed by atoms with Gasteiger partial charge in [-0.15, -0.1) is 32.9 Å². The number of thiazole rings is 1. The first kappa shape index (κ1) is 18.9. The third kappa shape index (κ3) is 4.49. The van der Waals surface area contributed by atoms with Crippen molar-refractivity contribution in [3.05, 3.63) is 64.5 Å². The van der Waals surface area contributed by atoms with E-state index < -0.39 is 0 Å². The highest BCUT2D eigenvalue weighted by molar-refractivity contribution is 7.98. The minimum atomic E-state index is -0.114. The average molecular weight is 428 g/mol. The Balaban J connectivity index is 1.56. The van der Waals surface area contributed by atoms with Gasteiger partial charge in [-0.2, -0.15) is 0 Å². The maximum absolute atomic E-state index is 11.2. The molecule has 0 spiro atoms. The predicted molar refractivity (Wildman–Crippen MR) is 115 cm³/mol. The largest absolute Gasteiger partial charge is 0.302 e. The van der Waals surface area contributed by atoms with Crippen LogP contribution in [-0.2, 0) is 17.1 Å². The molecule has 6 nitrogen and oxygen atoms in total. The maximum atomic E-state index is 11.2. The molecule has 3 heterocycles. The first-order chi connectivity index (χ1) is 13.7. The third-order valence-electron chi connectivity index (χ3n) is 3.83. The van der Waals surface area contributed by atoms with Gasteiger partial charge in [0.05, 0.1) is 17.1 Å². The van der Waals surface area contributed by atoms with Gasteiger partial charge in [0.1, 0.15) is 0 Å². The van der Waals surface area contributed by atoms with Crippen LogP contribution in [-0.4, -0.2) is 25.7 Å². The summed E-state index contributed by atoms with van der Waals surface area (Å²) in [4.78, 5) is 16.7. The van der Waals surface area contributed by atoms with E-state index in [-0.39, 0.29) is 5.91 Å². The molecule has 1 N–H and O–H groups in total. The van der Waals surface area contributed by atoms with E-state index in [1.165, 1.54) is 23.8 Å². The zero-order valence-corrected chi connectivity index (χ0v) is 17.5. The van der Waals surface area contributed by atoms with Gasteiger partial charge in [-0.3, -0.25) is 9.36 Å². The van der Waals surface area contributed by atoms with Crippen LogP contribution in [0.4, 0.5) is 5.13 Å². The Bertz CT molecular complexity index is 1060. The van der Waals surface area contributed by atoms with Crippen LogP contribution in [0.3, 0.4) is 0 Å². The lowest BCUT2D eigenvalue weighted by Gasteiger charge is -2.09. The van der Waals surface area contributed by atoms with Crippen molar-refractivity contribution >= 4 is 45.5 Å². The molecule has 1 aromatic carbocycles. The number of hydrogen-bond donors (Lipinski definition) is 1. The zero-order chi connectivity index (χ0) is 19.3. The highest BCUT2D eigenvalue weighted by Crippen LogP contribution is 2.30. The van der Waals surface area contributed by atoms with Gasteiger partial charge in [0.25, 0.3) is 0 Å². The van der Waals surface area contributed by atoms with Gasteiger partial charge < -0.3 is 5.32 Å². The Morgan fingerprint density at radius 3 is 2.75 bits per heavy atom. The molecular formula is C19H17N5OS3. The minimum absolute atomic E-state index is 0.114. The van der Waals surface area contributed by atoms with E-state index in [2.05, 4.69) is 43.3 Å². The number of rotatable bonds is 7. The van der Waals surface area contributed by atoms with Crippen LogP contribution < -0.4 is 5.32 Å². The summed E-state index contributed by atoms with van der Waals surface area (Å²) in [5.74, 6) is 1.42. The molecule has 3 aromatic heterocycles. The van der Waals surface area contributed by atoms with E-state index in [0.717, 1.165) is 21.6 Å².